The van der Waals surface area contributed by atoms with Gasteiger partial charge >= 0.3 is 0 Å². The molecule has 0 atom stereocenters. The van der Waals surface area contributed by atoms with Crippen LogP contribution in [0.2, 0.25) is 5.02 Å². The highest BCUT2D eigenvalue weighted by Crippen LogP contribution is 2.40. The Morgan fingerprint density at radius 1 is 1.28 bits per heavy atom. The molecular formula is C18H16ClN5O. The molecule has 4 rings (SSSR count). The third-order valence-electron chi connectivity index (χ3n) is 4.42. The standard InChI is InChI=1S/C18H16ClN5O/c1-24-13-6-8-21-17(25)15(13)14(10-3-2-4-11(19)9-10)16(24)12-5-7-22-18(20)23-12/h2-5,7,9H,6,8H2,1H3,(H,21,25)(H2,20,22,23). The zero-order valence-electron chi connectivity index (χ0n) is 13.6. The molecule has 2 aromatic heterocycles. The largest absolute Gasteiger partial charge is 0.368 e. The molecule has 0 fully saturated rings. The van der Waals surface area contributed by atoms with Crippen molar-refractivity contribution >= 4 is 23.5 Å². The minimum absolute atomic E-state index is 0.0832. The smallest absolute Gasteiger partial charge is 0.253 e. The number of amides is 1. The average molecular weight is 354 g/mol. The molecule has 0 saturated carbocycles. The molecule has 0 radical (unpaired) electrons. The maximum absolute atomic E-state index is 12.6. The fourth-order valence-electron chi connectivity index (χ4n) is 3.38. The second-order valence-electron chi connectivity index (χ2n) is 5.92. The van der Waals surface area contributed by atoms with Gasteiger partial charge in [-0.15, -0.1) is 0 Å². The summed E-state index contributed by atoms with van der Waals surface area (Å²) in [6.07, 6.45) is 2.37. The third kappa shape index (κ3) is 2.55. The minimum Gasteiger partial charge on any atom is -0.368 e. The van der Waals surface area contributed by atoms with Gasteiger partial charge in [-0.2, -0.15) is 0 Å². The number of nitrogens with zero attached hydrogens (tertiary/aromatic N) is 3. The van der Waals surface area contributed by atoms with Crippen molar-refractivity contribution < 1.29 is 4.79 Å². The molecule has 1 aromatic carbocycles. The van der Waals surface area contributed by atoms with Gasteiger partial charge in [-0.05, 0) is 23.8 Å². The number of nitrogens with two attached hydrogens (primary N) is 1. The number of hydrogen-bond acceptors (Lipinski definition) is 4. The van der Waals surface area contributed by atoms with Crippen LogP contribution in [0.5, 0.6) is 0 Å². The van der Waals surface area contributed by atoms with Gasteiger partial charge in [0.25, 0.3) is 5.91 Å². The van der Waals surface area contributed by atoms with E-state index in [0.29, 0.717) is 22.8 Å². The Bertz CT molecular complexity index is 995. The molecule has 0 unspecified atom stereocenters. The summed E-state index contributed by atoms with van der Waals surface area (Å²) in [6, 6.07) is 9.27. The Hall–Kier alpha value is -2.86. The SMILES string of the molecule is Cn1c2c(c(-c3cccc(Cl)c3)c1-c1ccnc(N)n1)C(=O)NCC2. The van der Waals surface area contributed by atoms with Gasteiger partial charge in [0.15, 0.2) is 0 Å². The Morgan fingerprint density at radius 2 is 2.12 bits per heavy atom. The number of benzene rings is 1. The topological polar surface area (TPSA) is 85.8 Å². The van der Waals surface area contributed by atoms with Crippen molar-refractivity contribution in [2.24, 2.45) is 7.05 Å². The van der Waals surface area contributed by atoms with Gasteiger partial charge in [-0.25, -0.2) is 9.97 Å². The first-order valence-electron chi connectivity index (χ1n) is 7.91. The zero-order chi connectivity index (χ0) is 17.6. The second kappa shape index (κ2) is 5.89. The van der Waals surface area contributed by atoms with Gasteiger partial charge in [-0.3, -0.25) is 4.79 Å². The van der Waals surface area contributed by atoms with Gasteiger partial charge in [-0.1, -0.05) is 23.7 Å². The van der Waals surface area contributed by atoms with E-state index in [9.17, 15) is 4.79 Å². The fourth-order valence-corrected chi connectivity index (χ4v) is 3.57. The van der Waals surface area contributed by atoms with E-state index < -0.39 is 0 Å². The Morgan fingerprint density at radius 3 is 2.88 bits per heavy atom. The monoisotopic (exact) mass is 353 g/mol. The van der Waals surface area contributed by atoms with Gasteiger partial charge < -0.3 is 15.6 Å². The summed E-state index contributed by atoms with van der Waals surface area (Å²) in [4.78, 5) is 20.9. The summed E-state index contributed by atoms with van der Waals surface area (Å²) >= 11 is 6.19. The highest BCUT2D eigenvalue weighted by Gasteiger charge is 2.30. The summed E-state index contributed by atoms with van der Waals surface area (Å²) in [5.41, 5.74) is 10.6. The number of hydrogen-bond donors (Lipinski definition) is 2. The van der Waals surface area contributed by atoms with Crippen LogP contribution in [0, 0.1) is 0 Å². The van der Waals surface area contributed by atoms with E-state index in [1.165, 1.54) is 0 Å². The number of fused-ring (bicyclic) bond motifs is 1. The van der Waals surface area contributed by atoms with Crippen LogP contribution in [-0.2, 0) is 13.5 Å². The zero-order valence-corrected chi connectivity index (χ0v) is 14.3. The molecule has 1 aliphatic heterocycles. The first-order chi connectivity index (χ1) is 12.1. The summed E-state index contributed by atoms with van der Waals surface area (Å²) in [7, 11) is 1.94. The second-order valence-corrected chi connectivity index (χ2v) is 6.36. The number of halogens is 1. The summed E-state index contributed by atoms with van der Waals surface area (Å²) < 4.78 is 2.02. The van der Waals surface area contributed by atoms with Crippen molar-refractivity contribution in [1.82, 2.24) is 19.9 Å². The molecule has 0 aliphatic carbocycles. The molecule has 6 nitrogen and oxygen atoms in total. The number of anilines is 1. The van der Waals surface area contributed by atoms with Gasteiger partial charge in [0, 0.05) is 42.5 Å². The van der Waals surface area contributed by atoms with Crippen molar-refractivity contribution in [3.63, 3.8) is 0 Å². The normalized spacial score (nSPS) is 13.4. The van der Waals surface area contributed by atoms with Crippen molar-refractivity contribution in [1.29, 1.82) is 0 Å². The van der Waals surface area contributed by atoms with Crippen LogP contribution in [0.1, 0.15) is 16.1 Å². The molecule has 1 amide bonds. The van der Waals surface area contributed by atoms with Crippen molar-refractivity contribution in [3.05, 3.63) is 52.8 Å². The number of rotatable bonds is 2. The van der Waals surface area contributed by atoms with Crippen LogP contribution in [0.25, 0.3) is 22.5 Å². The molecule has 0 bridgehead atoms. The number of nitrogen functional groups attached to an aromatic ring is 1. The molecule has 1 aliphatic rings. The molecular weight excluding hydrogens is 338 g/mol. The quantitative estimate of drug-likeness (QED) is 0.741. The van der Waals surface area contributed by atoms with Crippen LogP contribution < -0.4 is 11.1 Å². The summed E-state index contributed by atoms with van der Waals surface area (Å²) in [5.74, 6) is 0.110. The molecule has 3 N–H and O–H groups in total. The van der Waals surface area contributed by atoms with E-state index in [1.54, 1.807) is 12.3 Å². The molecule has 3 heterocycles. The lowest BCUT2D eigenvalue weighted by molar-refractivity contribution is 0.0946. The minimum atomic E-state index is -0.0832. The lowest BCUT2D eigenvalue weighted by atomic mass is 9.96. The predicted molar refractivity (Wildman–Crippen MR) is 97.3 cm³/mol. The lowest BCUT2D eigenvalue weighted by Gasteiger charge is -2.15. The van der Waals surface area contributed by atoms with Gasteiger partial charge in [0.05, 0.1) is 17.0 Å². The predicted octanol–water partition coefficient (Wildman–Crippen LogP) is 2.67. The first kappa shape index (κ1) is 15.7. The number of aromatic nitrogens is 3. The van der Waals surface area contributed by atoms with Crippen LogP contribution in [0.4, 0.5) is 5.95 Å². The summed E-state index contributed by atoms with van der Waals surface area (Å²) in [6.45, 7) is 0.615. The Kier molecular flexibility index (Phi) is 3.69. The van der Waals surface area contributed by atoms with Crippen molar-refractivity contribution in [2.75, 3.05) is 12.3 Å². The summed E-state index contributed by atoms with van der Waals surface area (Å²) in [5, 5.41) is 3.53. The molecule has 0 saturated heterocycles. The Balaban J connectivity index is 2.08. The fraction of sp³-hybridized carbons (Fsp3) is 0.167. The number of nitrogens with one attached hydrogen (secondary N) is 1. The van der Waals surface area contributed by atoms with E-state index >= 15 is 0 Å². The maximum atomic E-state index is 12.6. The van der Waals surface area contributed by atoms with E-state index in [1.807, 2.05) is 35.9 Å². The van der Waals surface area contributed by atoms with Crippen LogP contribution >= 0.6 is 11.6 Å². The highest BCUT2D eigenvalue weighted by atomic mass is 35.5. The van der Waals surface area contributed by atoms with Crippen LogP contribution in [0.3, 0.4) is 0 Å². The molecule has 126 valence electrons. The van der Waals surface area contributed by atoms with Crippen LogP contribution in [0.15, 0.2) is 36.5 Å². The Labute approximate surface area is 149 Å². The van der Waals surface area contributed by atoms with Crippen molar-refractivity contribution in [2.45, 2.75) is 6.42 Å². The van der Waals surface area contributed by atoms with Gasteiger partial charge in [0.2, 0.25) is 5.95 Å². The molecule has 0 spiro atoms. The van der Waals surface area contributed by atoms with E-state index in [2.05, 4.69) is 15.3 Å². The van der Waals surface area contributed by atoms with E-state index in [-0.39, 0.29) is 11.9 Å². The van der Waals surface area contributed by atoms with Gasteiger partial charge in [0.1, 0.15) is 0 Å². The molecule has 25 heavy (non-hydrogen) atoms. The van der Waals surface area contributed by atoms with Crippen LogP contribution in [-0.4, -0.2) is 27.0 Å². The molecule has 3 aromatic rings. The first-order valence-corrected chi connectivity index (χ1v) is 8.28. The van der Waals surface area contributed by atoms with E-state index in [4.69, 9.17) is 17.3 Å². The lowest BCUT2D eigenvalue weighted by Crippen LogP contribution is -2.32. The third-order valence-corrected chi connectivity index (χ3v) is 4.66. The van der Waals surface area contributed by atoms with E-state index in [0.717, 1.165) is 28.9 Å². The number of carbonyl (C=O) groups is 1. The average Bonchev–Trinajstić information content (AvgIpc) is 2.89. The molecule has 7 heteroatoms. The maximum Gasteiger partial charge on any atom is 0.253 e. The van der Waals surface area contributed by atoms with Crippen molar-refractivity contribution in [3.8, 4) is 22.5 Å². The number of carbonyl (C=O) groups excluding carboxylic acids is 1. The highest BCUT2D eigenvalue weighted by molar-refractivity contribution is 6.31.